The molecule has 5 nitrogen and oxygen atoms in total. The summed E-state index contributed by atoms with van der Waals surface area (Å²) < 4.78 is 5.77. The van der Waals surface area contributed by atoms with Gasteiger partial charge in [0.15, 0.2) is 0 Å². The molecule has 0 bridgehead atoms. The third-order valence-electron chi connectivity index (χ3n) is 4.12. The van der Waals surface area contributed by atoms with Crippen LogP contribution >= 0.6 is 0 Å². The first-order valence-electron chi connectivity index (χ1n) is 7.58. The Morgan fingerprint density at radius 2 is 2.24 bits per heavy atom. The van der Waals surface area contributed by atoms with Crippen molar-refractivity contribution in [2.24, 2.45) is 11.8 Å². The summed E-state index contributed by atoms with van der Waals surface area (Å²) in [7, 11) is 0. The van der Waals surface area contributed by atoms with E-state index in [0.717, 1.165) is 19.0 Å². The van der Waals surface area contributed by atoms with Gasteiger partial charge in [0.2, 0.25) is 0 Å². The molecule has 2 atom stereocenters. The van der Waals surface area contributed by atoms with Gasteiger partial charge in [-0.1, -0.05) is 13.0 Å². The fourth-order valence-electron chi connectivity index (χ4n) is 2.78. The maximum Gasteiger partial charge on any atom is 0.265 e. The van der Waals surface area contributed by atoms with Crippen molar-refractivity contribution in [2.45, 2.75) is 32.7 Å². The number of nitrogens with zero attached hydrogens (tertiary/aromatic N) is 1. The number of likely N-dealkylation sites (tertiary alicyclic amines) is 1. The molecule has 1 saturated heterocycles. The van der Waals surface area contributed by atoms with Crippen LogP contribution in [0.4, 0.5) is 0 Å². The summed E-state index contributed by atoms with van der Waals surface area (Å²) in [4.78, 5) is 13.9. The fourth-order valence-corrected chi connectivity index (χ4v) is 2.78. The van der Waals surface area contributed by atoms with E-state index in [1.54, 1.807) is 18.2 Å². The second-order valence-electron chi connectivity index (χ2n) is 5.88. The molecule has 0 saturated carbocycles. The summed E-state index contributed by atoms with van der Waals surface area (Å²) >= 11 is 0. The molecule has 0 radical (unpaired) electrons. The zero-order valence-electron chi connectivity index (χ0n) is 12.8. The van der Waals surface area contributed by atoms with E-state index in [2.05, 4.69) is 24.2 Å². The molecule has 2 rings (SSSR count). The normalized spacial score (nSPS) is 22.8. The molecular formula is C16H25N3O2. The molecule has 1 aromatic rings. The number of carbonyl (C=O) groups is 1. The van der Waals surface area contributed by atoms with Gasteiger partial charge in [0.05, 0.1) is 0 Å². The number of rotatable bonds is 5. The van der Waals surface area contributed by atoms with Gasteiger partial charge >= 0.3 is 0 Å². The van der Waals surface area contributed by atoms with E-state index < -0.39 is 0 Å². The average Bonchev–Trinajstić information content (AvgIpc) is 2.50. The molecule has 1 amide bonds. The molecule has 5 heteroatoms. The van der Waals surface area contributed by atoms with Crippen LogP contribution in [0.5, 0.6) is 5.75 Å². The van der Waals surface area contributed by atoms with Crippen LogP contribution in [0.25, 0.3) is 0 Å². The maximum absolute atomic E-state index is 11.5. The third kappa shape index (κ3) is 4.44. The van der Waals surface area contributed by atoms with E-state index in [9.17, 15) is 4.79 Å². The van der Waals surface area contributed by atoms with E-state index in [4.69, 9.17) is 10.6 Å². The van der Waals surface area contributed by atoms with Crippen molar-refractivity contribution >= 4 is 5.91 Å². The van der Waals surface area contributed by atoms with Crippen LogP contribution in [-0.2, 0) is 0 Å². The largest absolute Gasteiger partial charge is 0.492 e. The molecule has 21 heavy (non-hydrogen) atoms. The van der Waals surface area contributed by atoms with Crippen LogP contribution in [0.1, 0.15) is 37.0 Å². The van der Waals surface area contributed by atoms with E-state index in [-0.39, 0.29) is 5.91 Å². The number of piperidine rings is 1. The van der Waals surface area contributed by atoms with Crippen LogP contribution < -0.4 is 16.0 Å². The monoisotopic (exact) mass is 291 g/mol. The zero-order valence-corrected chi connectivity index (χ0v) is 12.8. The van der Waals surface area contributed by atoms with Crippen molar-refractivity contribution in [2.75, 3.05) is 19.7 Å². The molecule has 0 spiro atoms. The van der Waals surface area contributed by atoms with Gasteiger partial charge in [-0.05, 0) is 43.9 Å². The summed E-state index contributed by atoms with van der Waals surface area (Å²) in [5.74, 6) is 6.29. The lowest BCUT2D eigenvalue weighted by molar-refractivity contribution is 0.0952. The van der Waals surface area contributed by atoms with Gasteiger partial charge < -0.3 is 4.74 Å². The highest BCUT2D eigenvalue weighted by Gasteiger charge is 2.22. The minimum absolute atomic E-state index is 0.307. The van der Waals surface area contributed by atoms with Gasteiger partial charge in [-0.15, -0.1) is 0 Å². The first-order chi connectivity index (χ1) is 10.1. The van der Waals surface area contributed by atoms with Crippen LogP contribution in [-0.4, -0.2) is 36.5 Å². The molecule has 1 fully saturated rings. The minimum atomic E-state index is -0.307. The number of ether oxygens (including phenoxy) is 1. The van der Waals surface area contributed by atoms with E-state index in [1.165, 1.54) is 12.8 Å². The summed E-state index contributed by atoms with van der Waals surface area (Å²) in [6.45, 7) is 7.26. The number of nitrogen functional groups attached to an aromatic ring is 1. The molecule has 1 aliphatic rings. The Kier molecular flexibility index (Phi) is 5.59. The Morgan fingerprint density at radius 1 is 1.43 bits per heavy atom. The summed E-state index contributed by atoms with van der Waals surface area (Å²) in [6.07, 6.45) is 2.57. The smallest absolute Gasteiger partial charge is 0.265 e. The van der Waals surface area contributed by atoms with Gasteiger partial charge in [-0.25, -0.2) is 5.84 Å². The van der Waals surface area contributed by atoms with Gasteiger partial charge in [0, 0.05) is 24.7 Å². The van der Waals surface area contributed by atoms with Crippen molar-refractivity contribution in [3.8, 4) is 5.75 Å². The molecular weight excluding hydrogens is 266 g/mol. The lowest BCUT2D eigenvalue weighted by atomic mass is 9.95. The standard InChI is InChI=1S/C16H25N3O2/c1-12-6-7-13(2)19(11-12)8-9-21-15-5-3-4-14(10-15)16(20)18-17/h3-5,10,12-13H,6-9,11,17H2,1-2H3,(H,18,20). The number of benzene rings is 1. The topological polar surface area (TPSA) is 67.6 Å². The Bertz CT molecular complexity index is 478. The first kappa shape index (κ1) is 15.8. The molecule has 0 aliphatic carbocycles. The Hall–Kier alpha value is -1.59. The first-order valence-corrected chi connectivity index (χ1v) is 7.58. The van der Waals surface area contributed by atoms with Crippen LogP contribution in [0.2, 0.25) is 0 Å². The van der Waals surface area contributed by atoms with Gasteiger partial charge in [-0.2, -0.15) is 0 Å². The number of hydrazine groups is 1. The van der Waals surface area contributed by atoms with Crippen LogP contribution in [0.15, 0.2) is 24.3 Å². The Balaban J connectivity index is 1.84. The van der Waals surface area contributed by atoms with Crippen molar-refractivity contribution in [3.05, 3.63) is 29.8 Å². The molecule has 3 N–H and O–H groups in total. The fraction of sp³-hybridized carbons (Fsp3) is 0.562. The highest BCUT2D eigenvalue weighted by Crippen LogP contribution is 2.21. The van der Waals surface area contributed by atoms with Crippen molar-refractivity contribution < 1.29 is 9.53 Å². The number of carbonyl (C=O) groups excluding carboxylic acids is 1. The van der Waals surface area contributed by atoms with E-state index >= 15 is 0 Å². The highest BCUT2D eigenvalue weighted by molar-refractivity contribution is 5.94. The molecule has 0 aromatic heterocycles. The second kappa shape index (κ2) is 7.43. The minimum Gasteiger partial charge on any atom is -0.492 e. The molecule has 116 valence electrons. The zero-order chi connectivity index (χ0) is 15.2. The van der Waals surface area contributed by atoms with Crippen LogP contribution in [0.3, 0.4) is 0 Å². The number of nitrogens with one attached hydrogen (secondary N) is 1. The number of amides is 1. The number of hydrogen-bond acceptors (Lipinski definition) is 4. The quantitative estimate of drug-likeness (QED) is 0.493. The van der Waals surface area contributed by atoms with Gasteiger partial charge in [-0.3, -0.25) is 15.1 Å². The van der Waals surface area contributed by atoms with Crippen molar-refractivity contribution in [1.82, 2.24) is 10.3 Å². The number of hydrogen-bond donors (Lipinski definition) is 2. The maximum atomic E-state index is 11.5. The van der Waals surface area contributed by atoms with Gasteiger partial charge in [0.1, 0.15) is 12.4 Å². The van der Waals surface area contributed by atoms with Crippen LogP contribution in [0, 0.1) is 5.92 Å². The lowest BCUT2D eigenvalue weighted by Gasteiger charge is -2.36. The summed E-state index contributed by atoms with van der Waals surface area (Å²) in [6, 6.07) is 7.70. The number of nitrogens with two attached hydrogens (primary N) is 1. The third-order valence-corrected chi connectivity index (χ3v) is 4.12. The molecule has 1 heterocycles. The Morgan fingerprint density at radius 3 is 3.00 bits per heavy atom. The molecule has 1 aromatic carbocycles. The summed E-state index contributed by atoms with van der Waals surface area (Å²) in [5, 5.41) is 0. The lowest BCUT2D eigenvalue weighted by Crippen LogP contribution is -2.43. The SMILES string of the molecule is CC1CCC(C)N(CCOc2cccc(C(=O)NN)c2)C1. The molecule has 1 aliphatic heterocycles. The Labute approximate surface area is 126 Å². The van der Waals surface area contributed by atoms with Crippen molar-refractivity contribution in [3.63, 3.8) is 0 Å². The predicted octanol–water partition coefficient (Wildman–Crippen LogP) is 1.79. The van der Waals surface area contributed by atoms with Gasteiger partial charge in [0.25, 0.3) is 5.91 Å². The molecule has 2 unspecified atom stereocenters. The predicted molar refractivity (Wildman–Crippen MR) is 83.0 cm³/mol. The van der Waals surface area contributed by atoms with E-state index in [0.29, 0.717) is 24.0 Å². The van der Waals surface area contributed by atoms with Crippen molar-refractivity contribution in [1.29, 1.82) is 0 Å². The highest BCUT2D eigenvalue weighted by atomic mass is 16.5. The summed E-state index contributed by atoms with van der Waals surface area (Å²) in [5.41, 5.74) is 2.63. The average molecular weight is 291 g/mol. The second-order valence-corrected chi connectivity index (χ2v) is 5.88. The van der Waals surface area contributed by atoms with E-state index in [1.807, 2.05) is 6.07 Å².